The fourth-order valence-corrected chi connectivity index (χ4v) is 1.43. The maximum atomic E-state index is 13.1. The smallest absolute Gasteiger partial charge is 0.289 e. The van der Waals surface area contributed by atoms with Gasteiger partial charge in [-0.15, -0.1) is 12.4 Å². The molecule has 98 valence electrons. The molecule has 0 saturated heterocycles. The fourth-order valence-electron chi connectivity index (χ4n) is 1.43. The number of aliphatic hydroxyl groups excluding tert-OH is 1. The third kappa shape index (κ3) is 3.91. The first-order chi connectivity index (χ1) is 7.38. The summed E-state index contributed by atoms with van der Waals surface area (Å²) in [5.41, 5.74) is 6.81. The molecule has 5 heteroatoms. The molecule has 0 amide bonds. The number of benzene rings is 1. The highest BCUT2D eigenvalue weighted by molar-refractivity contribution is 5.85. The Labute approximate surface area is 106 Å². The first kappa shape index (κ1) is 16.3. The minimum absolute atomic E-state index is 0. The Kier molecular flexibility index (Phi) is 6.02. The van der Waals surface area contributed by atoms with Crippen molar-refractivity contribution in [3.63, 3.8) is 0 Å². The van der Waals surface area contributed by atoms with E-state index >= 15 is 0 Å². The summed E-state index contributed by atoms with van der Waals surface area (Å²) in [6.45, 7) is 2.81. The standard InChI is InChI=1S/C12H17F2NO.ClH/c1-8(2)9-3-5-10(6-4-9)11(15)12(13,14)7-16;/h3-6,8,11,16H,7,15H2,1-2H3;1H/t11-;/m1./s1. The van der Waals surface area contributed by atoms with E-state index in [2.05, 4.69) is 0 Å². The highest BCUT2D eigenvalue weighted by Gasteiger charge is 2.37. The third-order valence-corrected chi connectivity index (χ3v) is 2.63. The van der Waals surface area contributed by atoms with Gasteiger partial charge in [-0.3, -0.25) is 0 Å². The third-order valence-electron chi connectivity index (χ3n) is 2.63. The quantitative estimate of drug-likeness (QED) is 0.879. The molecule has 1 aromatic carbocycles. The zero-order valence-electron chi connectivity index (χ0n) is 9.86. The van der Waals surface area contributed by atoms with Crippen molar-refractivity contribution in [3.05, 3.63) is 35.4 Å². The Morgan fingerprint density at radius 2 is 1.59 bits per heavy atom. The maximum Gasteiger partial charge on any atom is 0.289 e. The van der Waals surface area contributed by atoms with Gasteiger partial charge in [0.05, 0.1) is 6.04 Å². The summed E-state index contributed by atoms with van der Waals surface area (Å²) in [5, 5.41) is 8.54. The minimum Gasteiger partial charge on any atom is -0.390 e. The van der Waals surface area contributed by atoms with Crippen LogP contribution in [0.2, 0.25) is 0 Å². The van der Waals surface area contributed by atoms with E-state index < -0.39 is 18.6 Å². The molecule has 0 aromatic heterocycles. The van der Waals surface area contributed by atoms with Crippen molar-refractivity contribution >= 4 is 12.4 Å². The van der Waals surface area contributed by atoms with Gasteiger partial charge < -0.3 is 10.8 Å². The Morgan fingerprint density at radius 1 is 1.18 bits per heavy atom. The van der Waals surface area contributed by atoms with Crippen LogP contribution < -0.4 is 5.73 Å². The van der Waals surface area contributed by atoms with Crippen molar-refractivity contribution in [3.8, 4) is 0 Å². The number of aliphatic hydroxyl groups is 1. The zero-order chi connectivity index (χ0) is 12.3. The van der Waals surface area contributed by atoms with Gasteiger partial charge in [0.2, 0.25) is 0 Å². The molecule has 0 aliphatic carbocycles. The van der Waals surface area contributed by atoms with Crippen LogP contribution in [0.25, 0.3) is 0 Å². The van der Waals surface area contributed by atoms with Crippen molar-refractivity contribution in [2.45, 2.75) is 31.7 Å². The van der Waals surface area contributed by atoms with Crippen LogP contribution in [-0.2, 0) is 0 Å². The zero-order valence-corrected chi connectivity index (χ0v) is 10.7. The summed E-state index contributed by atoms with van der Waals surface area (Å²) >= 11 is 0. The van der Waals surface area contributed by atoms with Crippen molar-refractivity contribution < 1.29 is 13.9 Å². The van der Waals surface area contributed by atoms with E-state index in [0.29, 0.717) is 11.5 Å². The Balaban J connectivity index is 0.00000256. The lowest BCUT2D eigenvalue weighted by molar-refractivity contribution is -0.0711. The summed E-state index contributed by atoms with van der Waals surface area (Å²) in [5.74, 6) is -2.93. The summed E-state index contributed by atoms with van der Waals surface area (Å²) < 4.78 is 26.2. The monoisotopic (exact) mass is 265 g/mol. The topological polar surface area (TPSA) is 46.2 Å². The van der Waals surface area contributed by atoms with E-state index in [1.807, 2.05) is 13.8 Å². The fraction of sp³-hybridized carbons (Fsp3) is 0.500. The predicted molar refractivity (Wildman–Crippen MR) is 66.7 cm³/mol. The van der Waals surface area contributed by atoms with E-state index in [-0.39, 0.29) is 12.4 Å². The van der Waals surface area contributed by atoms with E-state index in [9.17, 15) is 8.78 Å². The highest BCUT2D eigenvalue weighted by atomic mass is 35.5. The van der Waals surface area contributed by atoms with Crippen LogP contribution in [0, 0.1) is 0 Å². The molecule has 1 rings (SSSR count). The van der Waals surface area contributed by atoms with Gasteiger partial charge in [-0.2, -0.15) is 0 Å². The number of alkyl halides is 2. The van der Waals surface area contributed by atoms with Crippen molar-refractivity contribution in [2.75, 3.05) is 6.61 Å². The van der Waals surface area contributed by atoms with Crippen LogP contribution in [-0.4, -0.2) is 17.6 Å². The van der Waals surface area contributed by atoms with Crippen LogP contribution >= 0.6 is 12.4 Å². The SMILES string of the molecule is CC(C)c1ccc([C@@H](N)C(F)(F)CO)cc1.Cl. The van der Waals surface area contributed by atoms with E-state index in [4.69, 9.17) is 10.8 Å². The summed E-state index contributed by atoms with van der Waals surface area (Å²) in [7, 11) is 0. The van der Waals surface area contributed by atoms with Gasteiger partial charge in [-0.1, -0.05) is 38.1 Å². The summed E-state index contributed by atoms with van der Waals surface area (Å²) in [4.78, 5) is 0. The number of hydrogen-bond donors (Lipinski definition) is 2. The molecule has 0 aliphatic heterocycles. The van der Waals surface area contributed by atoms with Gasteiger partial charge in [-0.25, -0.2) is 8.78 Å². The van der Waals surface area contributed by atoms with Gasteiger partial charge in [0, 0.05) is 0 Å². The molecule has 2 nitrogen and oxygen atoms in total. The molecule has 0 saturated carbocycles. The van der Waals surface area contributed by atoms with E-state index in [0.717, 1.165) is 5.56 Å². The minimum atomic E-state index is -3.28. The van der Waals surface area contributed by atoms with Gasteiger partial charge in [0.15, 0.2) is 0 Å². The predicted octanol–water partition coefficient (Wildman–Crippen LogP) is 2.86. The van der Waals surface area contributed by atoms with E-state index in [1.54, 1.807) is 24.3 Å². The van der Waals surface area contributed by atoms with Crippen LogP contribution in [0.3, 0.4) is 0 Å². The largest absolute Gasteiger partial charge is 0.390 e. The Hall–Kier alpha value is -0.710. The molecule has 0 unspecified atom stereocenters. The number of halogens is 3. The molecular weight excluding hydrogens is 248 g/mol. The summed E-state index contributed by atoms with van der Waals surface area (Å²) in [6, 6.07) is 5.28. The second kappa shape index (κ2) is 6.28. The second-order valence-corrected chi connectivity index (χ2v) is 4.22. The van der Waals surface area contributed by atoms with Crippen LogP contribution in [0.4, 0.5) is 8.78 Å². The van der Waals surface area contributed by atoms with Crippen LogP contribution in [0.1, 0.15) is 36.9 Å². The molecule has 0 heterocycles. The molecular formula is C12H18ClF2NO. The normalized spacial score (nSPS) is 13.4. The Bertz CT molecular complexity index is 341. The molecule has 0 fully saturated rings. The summed E-state index contributed by atoms with van der Waals surface area (Å²) in [6.07, 6.45) is 0. The lowest BCUT2D eigenvalue weighted by Crippen LogP contribution is -2.36. The van der Waals surface area contributed by atoms with Gasteiger partial charge >= 0.3 is 0 Å². The first-order valence-corrected chi connectivity index (χ1v) is 5.22. The molecule has 1 atom stereocenters. The van der Waals surface area contributed by atoms with Gasteiger partial charge in [0.25, 0.3) is 5.92 Å². The van der Waals surface area contributed by atoms with Gasteiger partial charge in [-0.05, 0) is 17.0 Å². The molecule has 0 radical (unpaired) electrons. The second-order valence-electron chi connectivity index (χ2n) is 4.22. The molecule has 0 spiro atoms. The molecule has 0 aliphatic rings. The average molecular weight is 266 g/mol. The number of rotatable bonds is 4. The average Bonchev–Trinajstić information content (AvgIpc) is 2.28. The molecule has 3 N–H and O–H groups in total. The van der Waals surface area contributed by atoms with Crippen molar-refractivity contribution in [2.24, 2.45) is 5.73 Å². The van der Waals surface area contributed by atoms with E-state index in [1.165, 1.54) is 0 Å². The maximum absolute atomic E-state index is 13.1. The Morgan fingerprint density at radius 3 is 1.94 bits per heavy atom. The van der Waals surface area contributed by atoms with Gasteiger partial charge in [0.1, 0.15) is 6.61 Å². The molecule has 17 heavy (non-hydrogen) atoms. The highest BCUT2D eigenvalue weighted by Crippen LogP contribution is 2.29. The first-order valence-electron chi connectivity index (χ1n) is 5.22. The van der Waals surface area contributed by atoms with Crippen molar-refractivity contribution in [1.82, 2.24) is 0 Å². The molecule has 1 aromatic rings. The lowest BCUT2D eigenvalue weighted by atomic mass is 9.97. The van der Waals surface area contributed by atoms with Crippen LogP contribution in [0.5, 0.6) is 0 Å². The lowest BCUT2D eigenvalue weighted by Gasteiger charge is -2.22. The van der Waals surface area contributed by atoms with Crippen LogP contribution in [0.15, 0.2) is 24.3 Å². The molecule has 0 bridgehead atoms. The van der Waals surface area contributed by atoms with Crippen molar-refractivity contribution in [1.29, 1.82) is 0 Å². The number of hydrogen-bond acceptors (Lipinski definition) is 2. The number of nitrogens with two attached hydrogens (primary N) is 1.